The summed E-state index contributed by atoms with van der Waals surface area (Å²) in [6.45, 7) is 6.42. The molecule has 13 heavy (non-hydrogen) atoms. The van der Waals surface area contributed by atoms with Crippen molar-refractivity contribution in [2.45, 2.75) is 25.7 Å². The number of hydrogen-bond donors (Lipinski definition) is 0. The van der Waals surface area contributed by atoms with Gasteiger partial charge in [-0.2, -0.15) is 0 Å². The highest BCUT2D eigenvalue weighted by atomic mass is 16.5. The summed E-state index contributed by atoms with van der Waals surface area (Å²) in [5.74, 6) is 0.754. The highest BCUT2D eigenvalue weighted by Crippen LogP contribution is 2.44. The second-order valence-electron chi connectivity index (χ2n) is 4.44. The molecular weight excluding hydrogens is 164 g/mol. The minimum Gasteiger partial charge on any atom is -0.502 e. The van der Waals surface area contributed by atoms with E-state index in [0.717, 1.165) is 25.7 Å². The van der Waals surface area contributed by atoms with Crippen LogP contribution in [0, 0.1) is 11.3 Å². The first-order valence-corrected chi connectivity index (χ1v) is 5.15. The summed E-state index contributed by atoms with van der Waals surface area (Å²) in [5, 5.41) is 0. The molecule has 2 nitrogen and oxygen atoms in total. The molecule has 2 rings (SSSR count). The largest absolute Gasteiger partial charge is 0.502 e. The minimum atomic E-state index is 0.574. The van der Waals surface area contributed by atoms with E-state index >= 15 is 0 Å². The molecule has 1 saturated heterocycles. The fourth-order valence-corrected chi connectivity index (χ4v) is 2.34. The molecule has 0 aromatic rings. The maximum absolute atomic E-state index is 5.28. The molecule has 2 fully saturated rings. The molecule has 1 aliphatic carbocycles. The first-order chi connectivity index (χ1) is 6.35. The van der Waals surface area contributed by atoms with Gasteiger partial charge in [0.15, 0.2) is 0 Å². The highest BCUT2D eigenvalue weighted by Gasteiger charge is 2.41. The summed E-state index contributed by atoms with van der Waals surface area (Å²) in [4.78, 5) is 0. The van der Waals surface area contributed by atoms with Crippen LogP contribution >= 0.6 is 0 Å². The normalized spacial score (nSPS) is 26.8. The third kappa shape index (κ3) is 1.88. The Kier molecular flexibility index (Phi) is 2.58. The van der Waals surface area contributed by atoms with Crippen molar-refractivity contribution in [1.82, 2.24) is 0 Å². The molecule has 74 valence electrons. The van der Waals surface area contributed by atoms with Gasteiger partial charge in [0, 0.05) is 5.41 Å². The molecule has 2 aliphatic rings. The van der Waals surface area contributed by atoms with Crippen LogP contribution in [0.15, 0.2) is 12.8 Å². The van der Waals surface area contributed by atoms with E-state index in [9.17, 15) is 0 Å². The Morgan fingerprint density at radius 3 is 2.54 bits per heavy atom. The predicted octanol–water partition coefficient (Wildman–Crippen LogP) is 2.35. The number of hydrogen-bond acceptors (Lipinski definition) is 2. The van der Waals surface area contributed by atoms with Gasteiger partial charge in [0.25, 0.3) is 0 Å². The van der Waals surface area contributed by atoms with Gasteiger partial charge < -0.3 is 9.47 Å². The summed E-state index contributed by atoms with van der Waals surface area (Å²) >= 11 is 0. The Bertz CT molecular complexity index is 175. The molecule has 0 radical (unpaired) electrons. The summed E-state index contributed by atoms with van der Waals surface area (Å²) in [7, 11) is 0. The average molecular weight is 182 g/mol. The molecule has 0 aromatic heterocycles. The quantitative estimate of drug-likeness (QED) is 0.624. The molecule has 0 bridgehead atoms. The van der Waals surface area contributed by atoms with Crippen LogP contribution in [0.2, 0.25) is 0 Å². The van der Waals surface area contributed by atoms with Crippen molar-refractivity contribution in [3.63, 3.8) is 0 Å². The van der Waals surface area contributed by atoms with Crippen LogP contribution in [-0.4, -0.2) is 19.8 Å². The van der Waals surface area contributed by atoms with Crippen molar-refractivity contribution in [1.29, 1.82) is 0 Å². The Hall–Kier alpha value is -0.500. The highest BCUT2D eigenvalue weighted by molar-refractivity contribution is 4.90. The van der Waals surface area contributed by atoms with Crippen molar-refractivity contribution in [2.24, 2.45) is 11.3 Å². The van der Waals surface area contributed by atoms with Crippen molar-refractivity contribution in [3.05, 3.63) is 12.8 Å². The summed E-state index contributed by atoms with van der Waals surface area (Å²) in [6, 6.07) is 0. The molecule has 0 amide bonds. The van der Waals surface area contributed by atoms with Gasteiger partial charge in [-0.25, -0.2) is 0 Å². The van der Waals surface area contributed by atoms with Gasteiger partial charge in [0.1, 0.15) is 0 Å². The maximum Gasteiger partial charge on any atom is 0.0901 e. The second kappa shape index (κ2) is 3.70. The predicted molar refractivity (Wildman–Crippen MR) is 51.4 cm³/mol. The monoisotopic (exact) mass is 182 g/mol. The van der Waals surface area contributed by atoms with Crippen molar-refractivity contribution >= 4 is 0 Å². The summed E-state index contributed by atoms with van der Waals surface area (Å²) in [6.07, 6.45) is 6.82. The number of rotatable bonds is 3. The van der Waals surface area contributed by atoms with E-state index in [4.69, 9.17) is 9.47 Å². The third-order valence-electron chi connectivity index (χ3n) is 3.43. The molecule has 0 unspecified atom stereocenters. The topological polar surface area (TPSA) is 18.5 Å². The van der Waals surface area contributed by atoms with E-state index < -0.39 is 0 Å². The fraction of sp³-hybridized carbons (Fsp3) is 0.818. The number of ether oxygens (including phenoxy) is 2. The van der Waals surface area contributed by atoms with Gasteiger partial charge in [-0.3, -0.25) is 0 Å². The van der Waals surface area contributed by atoms with Gasteiger partial charge in [0.2, 0.25) is 0 Å². The molecule has 1 saturated carbocycles. The van der Waals surface area contributed by atoms with Crippen LogP contribution in [0.3, 0.4) is 0 Å². The van der Waals surface area contributed by atoms with Crippen LogP contribution < -0.4 is 0 Å². The molecule has 2 heteroatoms. The zero-order valence-corrected chi connectivity index (χ0v) is 8.13. The lowest BCUT2D eigenvalue weighted by molar-refractivity contribution is -0.138. The van der Waals surface area contributed by atoms with Crippen molar-refractivity contribution in [3.8, 4) is 0 Å². The van der Waals surface area contributed by atoms with Gasteiger partial charge in [-0.05, 0) is 31.6 Å². The van der Waals surface area contributed by atoms with Crippen molar-refractivity contribution < 1.29 is 9.47 Å². The molecule has 1 aliphatic heterocycles. The van der Waals surface area contributed by atoms with Gasteiger partial charge in [0.05, 0.1) is 26.1 Å². The van der Waals surface area contributed by atoms with Gasteiger partial charge in [-0.15, -0.1) is 0 Å². The lowest BCUT2D eigenvalue weighted by atomic mass is 9.69. The van der Waals surface area contributed by atoms with Gasteiger partial charge >= 0.3 is 0 Å². The summed E-state index contributed by atoms with van der Waals surface area (Å²) in [5.41, 5.74) is 0.574. The van der Waals surface area contributed by atoms with E-state index in [0.29, 0.717) is 5.41 Å². The van der Waals surface area contributed by atoms with E-state index in [1.807, 2.05) is 0 Å². The van der Waals surface area contributed by atoms with Gasteiger partial charge in [-0.1, -0.05) is 6.58 Å². The standard InChI is InChI=1S/C11H18O2/c1-2-12-7-10-3-5-11(6-4-10)8-13-9-11/h2,10H,1,3-9H2. The van der Waals surface area contributed by atoms with Crippen LogP contribution in [-0.2, 0) is 9.47 Å². The van der Waals surface area contributed by atoms with E-state index in [1.165, 1.54) is 25.7 Å². The average Bonchev–Trinajstić information content (AvgIpc) is 2.13. The third-order valence-corrected chi connectivity index (χ3v) is 3.43. The SMILES string of the molecule is C=COCC1CCC2(CC1)COC2. The molecule has 1 spiro atoms. The smallest absolute Gasteiger partial charge is 0.0901 e. The van der Waals surface area contributed by atoms with Crippen LogP contribution in [0.25, 0.3) is 0 Å². The zero-order chi connectivity index (χ0) is 9.15. The van der Waals surface area contributed by atoms with E-state index in [2.05, 4.69) is 6.58 Å². The second-order valence-corrected chi connectivity index (χ2v) is 4.44. The lowest BCUT2D eigenvalue weighted by Crippen LogP contribution is -2.45. The molecule has 0 aromatic carbocycles. The first-order valence-electron chi connectivity index (χ1n) is 5.15. The van der Waals surface area contributed by atoms with E-state index in [1.54, 1.807) is 6.26 Å². The Labute approximate surface area is 79.9 Å². The summed E-state index contributed by atoms with van der Waals surface area (Å²) < 4.78 is 10.5. The molecular formula is C11H18O2. The Balaban J connectivity index is 1.72. The molecule has 1 heterocycles. The lowest BCUT2D eigenvalue weighted by Gasteiger charge is -2.46. The van der Waals surface area contributed by atoms with Crippen LogP contribution in [0.1, 0.15) is 25.7 Å². The fourth-order valence-electron chi connectivity index (χ4n) is 2.34. The Morgan fingerprint density at radius 2 is 2.08 bits per heavy atom. The minimum absolute atomic E-state index is 0.574. The Morgan fingerprint density at radius 1 is 1.38 bits per heavy atom. The van der Waals surface area contributed by atoms with Crippen LogP contribution in [0.5, 0.6) is 0 Å². The maximum atomic E-state index is 5.28. The molecule has 0 N–H and O–H groups in total. The molecule has 0 atom stereocenters. The first kappa shape index (κ1) is 9.07. The zero-order valence-electron chi connectivity index (χ0n) is 8.13. The van der Waals surface area contributed by atoms with Crippen LogP contribution in [0.4, 0.5) is 0 Å². The van der Waals surface area contributed by atoms with Crippen molar-refractivity contribution in [2.75, 3.05) is 19.8 Å². The van der Waals surface area contributed by atoms with E-state index in [-0.39, 0.29) is 0 Å².